The van der Waals surface area contributed by atoms with Crippen LogP contribution in [0, 0.1) is 0 Å². The predicted molar refractivity (Wildman–Crippen MR) is 82.6 cm³/mol. The van der Waals surface area contributed by atoms with Crippen LogP contribution in [-0.4, -0.2) is 30.6 Å². The van der Waals surface area contributed by atoms with Crippen LogP contribution in [-0.2, 0) is 15.5 Å². The van der Waals surface area contributed by atoms with Gasteiger partial charge in [0.15, 0.2) is 0 Å². The highest BCUT2D eigenvalue weighted by atomic mass is 35.7. The molecule has 0 spiro atoms. The van der Waals surface area contributed by atoms with E-state index >= 15 is 0 Å². The van der Waals surface area contributed by atoms with Gasteiger partial charge in [0.1, 0.15) is 0 Å². The molecule has 0 radical (unpaired) electrons. The Morgan fingerprint density at radius 1 is 0.957 bits per heavy atom. The van der Waals surface area contributed by atoms with Gasteiger partial charge in [0.25, 0.3) is 9.05 Å². The summed E-state index contributed by atoms with van der Waals surface area (Å²) >= 11 is 0. The molecule has 23 heavy (non-hydrogen) atoms. The molecule has 0 bridgehead atoms. The van der Waals surface area contributed by atoms with Crippen LogP contribution in [0.3, 0.4) is 0 Å². The number of aromatic carboxylic acids is 2. The number of hydrogen-bond donors (Lipinski definition) is 2. The van der Waals surface area contributed by atoms with Gasteiger partial charge < -0.3 is 10.2 Å². The molecule has 0 fully saturated rings. The average Bonchev–Trinajstić information content (AvgIpc) is 2.46. The molecular weight excluding hydrogens is 344 g/mol. The molecule has 0 aliphatic carbocycles. The summed E-state index contributed by atoms with van der Waals surface area (Å²) in [4.78, 5) is 21.8. The molecule has 0 saturated carbocycles. The van der Waals surface area contributed by atoms with Crippen molar-refractivity contribution in [3.05, 3.63) is 64.7 Å². The zero-order chi connectivity index (χ0) is 17.2. The zero-order valence-electron chi connectivity index (χ0n) is 11.6. The molecule has 120 valence electrons. The number of carbonyl (C=O) groups is 2. The first-order chi connectivity index (χ1) is 10.7. The molecule has 0 unspecified atom stereocenters. The van der Waals surface area contributed by atoms with E-state index in [2.05, 4.69) is 0 Å². The smallest absolute Gasteiger partial charge is 0.335 e. The van der Waals surface area contributed by atoms with Crippen molar-refractivity contribution in [1.82, 2.24) is 0 Å². The second kappa shape index (κ2) is 6.39. The maximum Gasteiger partial charge on any atom is 0.335 e. The lowest BCUT2D eigenvalue weighted by Crippen LogP contribution is -2.07. The van der Waals surface area contributed by atoms with Crippen molar-refractivity contribution in [3.8, 4) is 0 Å². The fourth-order valence-electron chi connectivity index (χ4n) is 2.15. The van der Waals surface area contributed by atoms with Crippen LogP contribution in [0.25, 0.3) is 0 Å². The van der Waals surface area contributed by atoms with E-state index < -0.39 is 21.0 Å². The molecule has 2 aromatic rings. The molecular formula is C15H11ClO6S. The first-order valence-corrected chi connectivity index (χ1v) is 8.63. The number of carboxylic acids is 2. The van der Waals surface area contributed by atoms with Crippen molar-refractivity contribution in [2.24, 2.45) is 0 Å². The van der Waals surface area contributed by atoms with Crippen molar-refractivity contribution in [2.75, 3.05) is 0 Å². The van der Waals surface area contributed by atoms with Gasteiger partial charge in [-0.25, -0.2) is 18.0 Å². The second-order valence-electron chi connectivity index (χ2n) is 4.70. The van der Waals surface area contributed by atoms with Crippen LogP contribution < -0.4 is 0 Å². The summed E-state index contributed by atoms with van der Waals surface area (Å²) in [6.07, 6.45) is -0.0103. The summed E-state index contributed by atoms with van der Waals surface area (Å²) in [7, 11) is 1.19. The van der Waals surface area contributed by atoms with E-state index in [4.69, 9.17) is 20.9 Å². The van der Waals surface area contributed by atoms with Crippen LogP contribution in [0.2, 0.25) is 0 Å². The standard InChI is InChI=1S/C15H11ClO6S/c16-23(21,22)13-8-11(14(17)18)6-5-10(13)7-9-3-1-2-4-12(9)15(19)20/h1-6,8H,7H2,(H,17,18)(H,19,20). The average molecular weight is 355 g/mol. The second-order valence-corrected chi connectivity index (χ2v) is 7.24. The molecule has 2 N–H and O–H groups in total. The van der Waals surface area contributed by atoms with Gasteiger partial charge in [-0.05, 0) is 35.7 Å². The Labute approximate surface area is 136 Å². The maximum atomic E-state index is 11.7. The fraction of sp³-hybridized carbons (Fsp3) is 0.0667. The van der Waals surface area contributed by atoms with E-state index in [1.54, 1.807) is 18.2 Å². The minimum Gasteiger partial charge on any atom is -0.478 e. The van der Waals surface area contributed by atoms with Crippen LogP contribution in [0.5, 0.6) is 0 Å². The molecule has 2 rings (SSSR count). The molecule has 6 nitrogen and oxygen atoms in total. The Morgan fingerprint density at radius 3 is 2.17 bits per heavy atom. The van der Waals surface area contributed by atoms with E-state index in [9.17, 15) is 18.0 Å². The highest BCUT2D eigenvalue weighted by Gasteiger charge is 2.20. The third-order valence-corrected chi connectivity index (χ3v) is 4.61. The molecule has 8 heteroatoms. The summed E-state index contributed by atoms with van der Waals surface area (Å²) in [6, 6.07) is 9.66. The zero-order valence-corrected chi connectivity index (χ0v) is 13.1. The maximum absolute atomic E-state index is 11.7. The van der Waals surface area contributed by atoms with E-state index in [-0.39, 0.29) is 28.0 Å². The van der Waals surface area contributed by atoms with Crippen LogP contribution in [0.4, 0.5) is 0 Å². The SMILES string of the molecule is O=C(O)c1ccc(Cc2ccccc2C(=O)O)c(S(=O)(=O)Cl)c1. The topological polar surface area (TPSA) is 109 Å². The Morgan fingerprint density at radius 2 is 1.61 bits per heavy atom. The Bertz CT molecular complexity index is 889. The summed E-state index contributed by atoms with van der Waals surface area (Å²) in [5, 5.41) is 18.1. The van der Waals surface area contributed by atoms with Crippen LogP contribution in [0.15, 0.2) is 47.4 Å². The first kappa shape index (κ1) is 17.0. The first-order valence-electron chi connectivity index (χ1n) is 6.32. The third-order valence-electron chi connectivity index (χ3n) is 3.21. The molecule has 0 saturated heterocycles. The lowest BCUT2D eigenvalue weighted by Gasteiger charge is -2.10. The number of hydrogen-bond acceptors (Lipinski definition) is 4. The van der Waals surface area contributed by atoms with Crippen LogP contribution in [0.1, 0.15) is 31.8 Å². The van der Waals surface area contributed by atoms with Gasteiger partial charge in [-0.1, -0.05) is 24.3 Å². The Balaban J connectivity index is 2.57. The Kier molecular flexibility index (Phi) is 4.72. The molecule has 0 aliphatic rings. The summed E-state index contributed by atoms with van der Waals surface area (Å²) in [5.41, 5.74) is 0.426. The van der Waals surface area contributed by atoms with E-state index in [1.807, 2.05) is 0 Å². The predicted octanol–water partition coefficient (Wildman–Crippen LogP) is 2.60. The normalized spacial score (nSPS) is 11.2. The highest BCUT2D eigenvalue weighted by Crippen LogP contribution is 2.25. The van der Waals surface area contributed by atoms with Gasteiger partial charge in [-0.15, -0.1) is 0 Å². The molecule has 0 aliphatic heterocycles. The lowest BCUT2D eigenvalue weighted by molar-refractivity contribution is 0.0685. The van der Waals surface area contributed by atoms with Crippen molar-refractivity contribution in [2.45, 2.75) is 11.3 Å². The fourth-order valence-corrected chi connectivity index (χ4v) is 3.30. The van der Waals surface area contributed by atoms with Crippen molar-refractivity contribution < 1.29 is 28.2 Å². The quantitative estimate of drug-likeness (QED) is 0.799. The molecule has 0 heterocycles. The van der Waals surface area contributed by atoms with E-state index in [0.29, 0.717) is 5.56 Å². The number of carboxylic acid groups (broad SMARTS) is 2. The van der Waals surface area contributed by atoms with Gasteiger partial charge in [0, 0.05) is 10.7 Å². The number of halogens is 1. The lowest BCUT2D eigenvalue weighted by atomic mass is 9.99. The third kappa shape index (κ3) is 3.88. The summed E-state index contributed by atoms with van der Waals surface area (Å²) in [5.74, 6) is -2.43. The molecule has 0 aromatic heterocycles. The number of benzene rings is 2. The van der Waals surface area contributed by atoms with Gasteiger partial charge in [-0.2, -0.15) is 0 Å². The monoisotopic (exact) mass is 354 g/mol. The molecule has 2 aromatic carbocycles. The largest absolute Gasteiger partial charge is 0.478 e. The summed E-state index contributed by atoms with van der Waals surface area (Å²) in [6.45, 7) is 0. The molecule has 0 amide bonds. The van der Waals surface area contributed by atoms with Gasteiger partial charge >= 0.3 is 11.9 Å². The van der Waals surface area contributed by atoms with Crippen LogP contribution >= 0.6 is 10.7 Å². The van der Waals surface area contributed by atoms with Gasteiger partial charge in [0.05, 0.1) is 16.0 Å². The van der Waals surface area contributed by atoms with Crippen molar-refractivity contribution >= 4 is 31.7 Å². The highest BCUT2D eigenvalue weighted by molar-refractivity contribution is 8.13. The van der Waals surface area contributed by atoms with E-state index in [1.165, 1.54) is 18.2 Å². The van der Waals surface area contributed by atoms with E-state index in [0.717, 1.165) is 6.07 Å². The number of rotatable bonds is 5. The van der Waals surface area contributed by atoms with Gasteiger partial charge in [-0.3, -0.25) is 0 Å². The van der Waals surface area contributed by atoms with Crippen molar-refractivity contribution in [3.63, 3.8) is 0 Å². The van der Waals surface area contributed by atoms with Crippen molar-refractivity contribution in [1.29, 1.82) is 0 Å². The van der Waals surface area contributed by atoms with Gasteiger partial charge in [0.2, 0.25) is 0 Å². The minimum atomic E-state index is -4.18. The summed E-state index contributed by atoms with van der Waals surface area (Å²) < 4.78 is 23.4. The Hall–Kier alpha value is -2.38. The minimum absolute atomic E-state index is 0.0103. The molecule has 0 atom stereocenters.